The number of nitrogens with one attached hydrogen (secondary N) is 1. The van der Waals surface area contributed by atoms with Crippen LogP contribution in [0.2, 0.25) is 0 Å². The van der Waals surface area contributed by atoms with Crippen molar-refractivity contribution in [3.63, 3.8) is 0 Å². The third kappa shape index (κ3) is 6.02. The summed E-state index contributed by atoms with van der Waals surface area (Å²) in [5.74, 6) is -0.882. The lowest BCUT2D eigenvalue weighted by Crippen LogP contribution is -2.35. The molecule has 0 saturated heterocycles. The average molecular weight is 578 g/mol. The number of para-hydroxylation sites is 1. The molecule has 0 saturated carbocycles. The maximum atomic E-state index is 13.9. The molecule has 2 unspecified atom stereocenters. The zero-order valence-corrected chi connectivity index (χ0v) is 25.2. The largest absolute Gasteiger partial charge is 0.462 e. The number of ether oxygens (including phenoxy) is 2. The lowest BCUT2D eigenvalue weighted by Gasteiger charge is -2.30. The highest BCUT2D eigenvalue weighted by molar-refractivity contribution is 7.17. The zero-order valence-electron chi connectivity index (χ0n) is 24.4. The minimum atomic E-state index is -1.02. The summed E-state index contributed by atoms with van der Waals surface area (Å²) >= 11 is 1.43. The Morgan fingerprint density at radius 3 is 2.66 bits per heavy atom. The molecule has 2 atom stereocenters. The van der Waals surface area contributed by atoms with Gasteiger partial charge in [-0.3, -0.25) is 14.7 Å². The third-order valence-corrected chi connectivity index (χ3v) is 9.18. The van der Waals surface area contributed by atoms with E-state index in [9.17, 15) is 14.4 Å². The van der Waals surface area contributed by atoms with Crippen LogP contribution in [0.3, 0.4) is 0 Å². The molecule has 1 aromatic carbocycles. The van der Waals surface area contributed by atoms with Gasteiger partial charge >= 0.3 is 11.9 Å². The SMILES string of the molecule is CCCN1CCc2nc3ccccc3c(C(=O)OC(CC)C(=O)Nc3sc4c(c3C(=O)OCC)CCC(C)C4)c2C1. The summed E-state index contributed by atoms with van der Waals surface area (Å²) in [5.41, 5.74) is 4.45. The summed E-state index contributed by atoms with van der Waals surface area (Å²) in [6, 6.07) is 7.60. The Morgan fingerprint density at radius 1 is 1.10 bits per heavy atom. The first-order chi connectivity index (χ1) is 19.8. The van der Waals surface area contributed by atoms with Crippen molar-refractivity contribution in [1.29, 1.82) is 0 Å². The fourth-order valence-corrected chi connectivity index (χ4v) is 7.35. The summed E-state index contributed by atoms with van der Waals surface area (Å²) < 4.78 is 11.3. The van der Waals surface area contributed by atoms with E-state index in [-0.39, 0.29) is 6.61 Å². The van der Waals surface area contributed by atoms with E-state index >= 15 is 0 Å². The van der Waals surface area contributed by atoms with Crippen LogP contribution in [0.1, 0.15) is 89.4 Å². The molecule has 9 heteroatoms. The summed E-state index contributed by atoms with van der Waals surface area (Å²) in [7, 11) is 0. The van der Waals surface area contributed by atoms with Crippen LogP contribution in [0.4, 0.5) is 5.00 Å². The Kier molecular flexibility index (Phi) is 9.04. The molecular weight excluding hydrogens is 538 g/mol. The maximum Gasteiger partial charge on any atom is 0.341 e. The molecule has 8 nitrogen and oxygen atoms in total. The van der Waals surface area contributed by atoms with Crippen molar-refractivity contribution in [3.8, 4) is 0 Å². The highest BCUT2D eigenvalue weighted by Crippen LogP contribution is 2.40. The van der Waals surface area contributed by atoms with Crippen LogP contribution in [0.15, 0.2) is 24.3 Å². The predicted molar refractivity (Wildman–Crippen MR) is 161 cm³/mol. The Balaban J connectivity index is 1.43. The van der Waals surface area contributed by atoms with Crippen molar-refractivity contribution in [1.82, 2.24) is 9.88 Å². The molecule has 41 heavy (non-hydrogen) atoms. The minimum Gasteiger partial charge on any atom is -0.462 e. The van der Waals surface area contributed by atoms with Crippen molar-refractivity contribution in [2.24, 2.45) is 5.92 Å². The number of pyridine rings is 1. The summed E-state index contributed by atoms with van der Waals surface area (Å²) in [4.78, 5) is 48.7. The van der Waals surface area contributed by atoms with E-state index in [1.54, 1.807) is 6.92 Å². The van der Waals surface area contributed by atoms with Gasteiger partial charge < -0.3 is 14.8 Å². The zero-order chi connectivity index (χ0) is 29.1. The van der Waals surface area contributed by atoms with Gasteiger partial charge in [0.1, 0.15) is 5.00 Å². The van der Waals surface area contributed by atoms with E-state index in [1.807, 2.05) is 31.2 Å². The number of fused-ring (bicyclic) bond motifs is 3. The standard InChI is InChI=1S/C32H39N3O5S/c1-5-15-35-16-14-24-22(18-35)27(20-10-8-9-11-23(20)33-24)32(38)40-25(6-2)29(36)34-30-28(31(37)39-7-3)21-13-12-19(4)17-26(21)41-30/h8-11,19,25H,5-7,12-18H2,1-4H3,(H,34,36). The number of carbonyl (C=O) groups is 3. The molecule has 218 valence electrons. The van der Waals surface area contributed by atoms with Gasteiger partial charge in [0.05, 0.1) is 23.3 Å². The van der Waals surface area contributed by atoms with E-state index in [1.165, 1.54) is 11.3 Å². The summed E-state index contributed by atoms with van der Waals surface area (Å²) in [5, 5.41) is 4.14. The molecule has 0 fully saturated rings. The van der Waals surface area contributed by atoms with Crippen molar-refractivity contribution >= 4 is 45.1 Å². The number of carbonyl (C=O) groups excluding carboxylic acids is 3. The second kappa shape index (κ2) is 12.7. The predicted octanol–water partition coefficient (Wildman–Crippen LogP) is 5.94. The molecule has 0 radical (unpaired) electrons. The number of amides is 1. The van der Waals surface area contributed by atoms with Crippen molar-refractivity contribution < 1.29 is 23.9 Å². The lowest BCUT2D eigenvalue weighted by atomic mass is 9.88. The van der Waals surface area contributed by atoms with E-state index in [2.05, 4.69) is 24.1 Å². The van der Waals surface area contributed by atoms with Gasteiger partial charge in [-0.15, -0.1) is 11.3 Å². The molecule has 1 aliphatic heterocycles. The Morgan fingerprint density at radius 2 is 1.90 bits per heavy atom. The van der Waals surface area contributed by atoms with Crippen molar-refractivity contribution in [2.75, 3.05) is 25.0 Å². The maximum absolute atomic E-state index is 13.9. The van der Waals surface area contributed by atoms with Crippen molar-refractivity contribution in [3.05, 3.63) is 57.1 Å². The van der Waals surface area contributed by atoms with Crippen LogP contribution >= 0.6 is 11.3 Å². The van der Waals surface area contributed by atoms with E-state index in [0.717, 1.165) is 77.8 Å². The number of rotatable bonds is 9. The van der Waals surface area contributed by atoms with Crippen LogP contribution in [-0.2, 0) is 40.1 Å². The van der Waals surface area contributed by atoms with Gasteiger partial charge in [0.2, 0.25) is 0 Å². The highest BCUT2D eigenvalue weighted by atomic mass is 32.1. The molecule has 5 rings (SSSR count). The number of anilines is 1. The van der Waals surface area contributed by atoms with Gasteiger partial charge in [0.25, 0.3) is 5.91 Å². The quantitative estimate of drug-likeness (QED) is 0.314. The number of benzene rings is 1. The fraction of sp³-hybridized carbons (Fsp3) is 0.500. The number of hydrogen-bond donors (Lipinski definition) is 1. The smallest absolute Gasteiger partial charge is 0.341 e. The Bertz CT molecular complexity index is 1470. The minimum absolute atomic E-state index is 0.252. The second-order valence-corrected chi connectivity index (χ2v) is 12.1. The lowest BCUT2D eigenvalue weighted by molar-refractivity contribution is -0.124. The first-order valence-electron chi connectivity index (χ1n) is 14.8. The van der Waals surface area contributed by atoms with Gasteiger partial charge in [-0.05, 0) is 63.1 Å². The average Bonchev–Trinajstić information content (AvgIpc) is 3.31. The van der Waals surface area contributed by atoms with E-state index < -0.39 is 23.9 Å². The van der Waals surface area contributed by atoms with Crippen LogP contribution in [0.5, 0.6) is 0 Å². The van der Waals surface area contributed by atoms with Gasteiger partial charge in [-0.1, -0.05) is 39.0 Å². The number of hydrogen-bond acceptors (Lipinski definition) is 8. The third-order valence-electron chi connectivity index (χ3n) is 8.01. The van der Waals surface area contributed by atoms with Gasteiger partial charge in [0.15, 0.2) is 6.10 Å². The normalized spacial score (nSPS) is 17.4. The highest BCUT2D eigenvalue weighted by Gasteiger charge is 2.33. The Labute approximate surface area is 245 Å². The molecule has 1 N–H and O–H groups in total. The molecule has 2 aromatic heterocycles. The van der Waals surface area contributed by atoms with Crippen LogP contribution in [-0.4, -0.2) is 53.5 Å². The molecule has 0 bridgehead atoms. The van der Waals surface area contributed by atoms with E-state index in [4.69, 9.17) is 14.5 Å². The van der Waals surface area contributed by atoms with Crippen LogP contribution in [0, 0.1) is 5.92 Å². The number of thiophene rings is 1. The first kappa shape index (κ1) is 29.2. The Hall–Kier alpha value is -3.30. The fourth-order valence-electron chi connectivity index (χ4n) is 5.95. The summed E-state index contributed by atoms with van der Waals surface area (Å²) in [6.07, 6.45) is 3.68. The monoisotopic (exact) mass is 577 g/mol. The topological polar surface area (TPSA) is 97.8 Å². The molecule has 0 spiro atoms. The molecule has 1 amide bonds. The number of esters is 2. The number of nitrogens with zero attached hydrogens (tertiary/aromatic N) is 2. The van der Waals surface area contributed by atoms with Crippen molar-refractivity contribution in [2.45, 2.75) is 78.9 Å². The van der Waals surface area contributed by atoms with Gasteiger partial charge in [0, 0.05) is 41.0 Å². The first-order valence-corrected chi connectivity index (χ1v) is 15.6. The number of aromatic nitrogens is 1. The van der Waals surface area contributed by atoms with Gasteiger partial charge in [-0.2, -0.15) is 0 Å². The molecular formula is C32H39N3O5S. The van der Waals surface area contributed by atoms with E-state index in [0.29, 0.717) is 35.0 Å². The van der Waals surface area contributed by atoms with Gasteiger partial charge in [-0.25, -0.2) is 9.59 Å². The molecule has 3 aromatic rings. The molecule has 2 aliphatic rings. The second-order valence-electron chi connectivity index (χ2n) is 11.0. The van der Waals surface area contributed by atoms with Crippen LogP contribution in [0.25, 0.3) is 10.9 Å². The molecule has 1 aliphatic carbocycles. The van der Waals surface area contributed by atoms with Crippen LogP contribution < -0.4 is 5.32 Å². The molecule has 3 heterocycles. The summed E-state index contributed by atoms with van der Waals surface area (Å²) in [6.45, 7) is 10.6.